The largest absolute Gasteiger partial charge is 0.372 e. The number of hydrogen-bond acceptors (Lipinski definition) is 7. The van der Waals surface area contributed by atoms with E-state index < -0.39 is 5.60 Å². The summed E-state index contributed by atoms with van der Waals surface area (Å²) in [6.45, 7) is 3.30. The summed E-state index contributed by atoms with van der Waals surface area (Å²) in [5.74, 6) is 6.50. The van der Waals surface area contributed by atoms with Crippen LogP contribution < -0.4 is 5.73 Å². The van der Waals surface area contributed by atoms with Gasteiger partial charge in [0, 0.05) is 29.7 Å². The van der Waals surface area contributed by atoms with Gasteiger partial charge >= 0.3 is 0 Å². The van der Waals surface area contributed by atoms with Gasteiger partial charge in [-0.05, 0) is 32.0 Å². The number of aromatic nitrogens is 4. The monoisotopic (exact) mass is 384 g/mol. The molecule has 0 aliphatic heterocycles. The Morgan fingerprint density at radius 3 is 2.86 bits per heavy atom. The number of benzene rings is 1. The van der Waals surface area contributed by atoms with E-state index in [1.165, 1.54) is 6.20 Å². The predicted octanol–water partition coefficient (Wildman–Crippen LogP) is 2.43. The standard InChI is InChI=1S/C21H16N6O2/c1-13-8-18(26-29-13)21(2,28)7-6-14-4-3-5-16(9-14)27-12-15(10-22)17-11-24-20(23)25-19(17)27/h3-5,8-9,11-12,28H,1-2H3,(H2,23,24,25). The molecule has 0 saturated carbocycles. The molecule has 1 unspecified atom stereocenters. The van der Waals surface area contributed by atoms with E-state index in [1.807, 2.05) is 24.3 Å². The maximum absolute atomic E-state index is 10.6. The molecule has 3 aromatic heterocycles. The fourth-order valence-corrected chi connectivity index (χ4v) is 2.89. The van der Waals surface area contributed by atoms with Crippen LogP contribution in [0.3, 0.4) is 0 Å². The van der Waals surface area contributed by atoms with Gasteiger partial charge in [0.05, 0.1) is 10.9 Å². The lowest BCUT2D eigenvalue weighted by Crippen LogP contribution is -2.18. The molecule has 4 aromatic rings. The lowest BCUT2D eigenvalue weighted by molar-refractivity contribution is 0.112. The van der Waals surface area contributed by atoms with Gasteiger partial charge in [-0.2, -0.15) is 10.2 Å². The van der Waals surface area contributed by atoms with Gasteiger partial charge in [-0.1, -0.05) is 23.1 Å². The Labute approximate surface area is 166 Å². The molecule has 0 saturated heterocycles. The molecule has 0 aliphatic rings. The molecule has 0 spiro atoms. The molecule has 29 heavy (non-hydrogen) atoms. The number of nitrogens with zero attached hydrogens (tertiary/aromatic N) is 5. The van der Waals surface area contributed by atoms with Crippen LogP contribution in [0.5, 0.6) is 0 Å². The van der Waals surface area contributed by atoms with E-state index in [2.05, 4.69) is 33.0 Å². The number of rotatable bonds is 2. The van der Waals surface area contributed by atoms with Gasteiger partial charge in [-0.3, -0.25) is 4.57 Å². The van der Waals surface area contributed by atoms with Crippen LogP contribution in [0.4, 0.5) is 5.95 Å². The van der Waals surface area contributed by atoms with Crippen LogP contribution >= 0.6 is 0 Å². The second kappa shape index (κ2) is 6.79. The van der Waals surface area contributed by atoms with Crippen LogP contribution in [-0.4, -0.2) is 24.8 Å². The fourth-order valence-electron chi connectivity index (χ4n) is 2.89. The third-order valence-electron chi connectivity index (χ3n) is 4.39. The molecule has 1 aromatic carbocycles. The third-order valence-corrected chi connectivity index (χ3v) is 4.39. The number of aryl methyl sites for hydroxylation is 1. The summed E-state index contributed by atoms with van der Waals surface area (Å²) in [4.78, 5) is 8.23. The molecule has 3 heterocycles. The van der Waals surface area contributed by atoms with Crippen molar-refractivity contribution in [2.45, 2.75) is 19.4 Å². The van der Waals surface area contributed by atoms with Crippen molar-refractivity contribution in [2.24, 2.45) is 0 Å². The van der Waals surface area contributed by atoms with E-state index in [0.29, 0.717) is 33.6 Å². The van der Waals surface area contributed by atoms with E-state index in [9.17, 15) is 10.4 Å². The molecule has 142 valence electrons. The molecular formula is C21H16N6O2. The summed E-state index contributed by atoms with van der Waals surface area (Å²) < 4.78 is 6.77. The molecule has 0 radical (unpaired) electrons. The number of nitrogens with two attached hydrogens (primary N) is 1. The van der Waals surface area contributed by atoms with Gasteiger partial charge in [0.15, 0.2) is 11.2 Å². The average Bonchev–Trinajstić information content (AvgIpc) is 3.30. The molecule has 0 aliphatic carbocycles. The Morgan fingerprint density at radius 1 is 1.31 bits per heavy atom. The Hall–Kier alpha value is -4.14. The van der Waals surface area contributed by atoms with Gasteiger partial charge in [-0.15, -0.1) is 0 Å². The first-order valence-electron chi connectivity index (χ1n) is 8.71. The topological polar surface area (TPSA) is 127 Å². The summed E-state index contributed by atoms with van der Waals surface area (Å²) in [7, 11) is 0. The average molecular weight is 384 g/mol. The fraction of sp³-hybridized carbons (Fsp3) is 0.143. The highest BCUT2D eigenvalue weighted by molar-refractivity contribution is 5.84. The van der Waals surface area contributed by atoms with Crippen molar-refractivity contribution in [3.63, 3.8) is 0 Å². The summed E-state index contributed by atoms with van der Waals surface area (Å²) in [6.07, 6.45) is 3.22. The number of anilines is 1. The molecule has 8 heteroatoms. The van der Waals surface area contributed by atoms with Crippen molar-refractivity contribution in [3.8, 4) is 23.6 Å². The molecule has 8 nitrogen and oxygen atoms in total. The van der Waals surface area contributed by atoms with E-state index in [-0.39, 0.29) is 5.95 Å². The number of aliphatic hydroxyl groups is 1. The minimum absolute atomic E-state index is 0.122. The van der Waals surface area contributed by atoms with Gasteiger partial charge in [0.1, 0.15) is 17.5 Å². The number of nitrogen functional groups attached to an aromatic ring is 1. The van der Waals surface area contributed by atoms with E-state index in [4.69, 9.17) is 10.3 Å². The van der Waals surface area contributed by atoms with Crippen molar-refractivity contribution < 1.29 is 9.63 Å². The van der Waals surface area contributed by atoms with Crippen LogP contribution in [0, 0.1) is 30.1 Å². The maximum atomic E-state index is 10.6. The Kier molecular flexibility index (Phi) is 4.27. The number of nitriles is 1. The maximum Gasteiger partial charge on any atom is 0.221 e. The first-order chi connectivity index (χ1) is 13.9. The summed E-state index contributed by atoms with van der Waals surface area (Å²) in [5.41, 5.74) is 7.01. The normalized spacial score (nSPS) is 12.8. The van der Waals surface area contributed by atoms with Crippen LogP contribution in [0.25, 0.3) is 16.7 Å². The smallest absolute Gasteiger partial charge is 0.221 e. The molecule has 4 rings (SSSR count). The summed E-state index contributed by atoms with van der Waals surface area (Å²) in [6, 6.07) is 11.1. The van der Waals surface area contributed by atoms with Crippen molar-refractivity contribution in [1.29, 1.82) is 5.26 Å². The Balaban J connectivity index is 1.76. The lowest BCUT2D eigenvalue weighted by atomic mass is 10.0. The van der Waals surface area contributed by atoms with Crippen LogP contribution in [-0.2, 0) is 5.60 Å². The zero-order chi connectivity index (χ0) is 20.6. The molecule has 0 amide bonds. The van der Waals surface area contributed by atoms with Crippen molar-refractivity contribution >= 4 is 17.0 Å². The van der Waals surface area contributed by atoms with E-state index in [1.54, 1.807) is 30.7 Å². The van der Waals surface area contributed by atoms with Crippen LogP contribution in [0.15, 0.2) is 47.2 Å². The number of hydrogen-bond donors (Lipinski definition) is 2. The summed E-state index contributed by atoms with van der Waals surface area (Å²) in [5, 5.41) is 24.4. The second-order valence-electron chi connectivity index (χ2n) is 6.69. The lowest BCUT2D eigenvalue weighted by Gasteiger charge is -2.11. The van der Waals surface area contributed by atoms with E-state index in [0.717, 1.165) is 5.69 Å². The van der Waals surface area contributed by atoms with Crippen LogP contribution in [0.1, 0.15) is 29.5 Å². The molecule has 0 bridgehead atoms. The van der Waals surface area contributed by atoms with Gasteiger partial charge in [-0.25, -0.2) is 4.98 Å². The zero-order valence-corrected chi connectivity index (χ0v) is 15.7. The van der Waals surface area contributed by atoms with Crippen molar-refractivity contribution in [1.82, 2.24) is 19.7 Å². The third kappa shape index (κ3) is 3.41. The van der Waals surface area contributed by atoms with Crippen LogP contribution in [0.2, 0.25) is 0 Å². The van der Waals surface area contributed by atoms with Crippen molar-refractivity contribution in [2.75, 3.05) is 5.73 Å². The summed E-state index contributed by atoms with van der Waals surface area (Å²) >= 11 is 0. The van der Waals surface area contributed by atoms with Gasteiger partial charge < -0.3 is 15.4 Å². The van der Waals surface area contributed by atoms with Crippen molar-refractivity contribution in [3.05, 3.63) is 65.3 Å². The number of fused-ring (bicyclic) bond motifs is 1. The molecule has 3 N–H and O–H groups in total. The van der Waals surface area contributed by atoms with Gasteiger partial charge in [0.25, 0.3) is 0 Å². The predicted molar refractivity (Wildman–Crippen MR) is 106 cm³/mol. The molecular weight excluding hydrogens is 368 g/mol. The van der Waals surface area contributed by atoms with Gasteiger partial charge in [0.2, 0.25) is 5.95 Å². The highest BCUT2D eigenvalue weighted by Crippen LogP contribution is 2.24. The van der Waals surface area contributed by atoms with E-state index >= 15 is 0 Å². The first-order valence-corrected chi connectivity index (χ1v) is 8.71. The molecule has 0 fully saturated rings. The Bertz CT molecular complexity index is 1330. The quantitative estimate of drug-likeness (QED) is 0.508. The molecule has 1 atom stereocenters. The zero-order valence-electron chi connectivity index (χ0n) is 15.7. The Morgan fingerprint density at radius 2 is 2.14 bits per heavy atom. The highest BCUT2D eigenvalue weighted by Gasteiger charge is 2.24. The minimum Gasteiger partial charge on any atom is -0.372 e. The second-order valence-corrected chi connectivity index (χ2v) is 6.69. The highest BCUT2D eigenvalue weighted by atomic mass is 16.5. The SMILES string of the molecule is Cc1cc(C(C)(O)C#Cc2cccc(-n3cc(C#N)c4cnc(N)nc43)c2)no1. The first kappa shape index (κ1) is 18.2. The minimum atomic E-state index is -1.45.